The van der Waals surface area contributed by atoms with Gasteiger partial charge in [-0.2, -0.15) is 0 Å². The number of halogens is 3. The van der Waals surface area contributed by atoms with Crippen molar-refractivity contribution in [3.05, 3.63) is 68.4 Å². The smallest absolute Gasteiger partial charge is 0.137 e. The second-order valence-corrected chi connectivity index (χ2v) is 6.80. The lowest BCUT2D eigenvalue weighted by atomic mass is 9.77. The SMILES string of the molecule is OCC(CO)(Cc1ccc(F)c(Br)c1)c1ccc(Br)cc1. The van der Waals surface area contributed by atoms with Crippen LogP contribution in [0.1, 0.15) is 11.1 Å². The lowest BCUT2D eigenvalue weighted by Crippen LogP contribution is -2.37. The number of hydrogen-bond acceptors (Lipinski definition) is 2. The van der Waals surface area contributed by atoms with Crippen LogP contribution in [0.15, 0.2) is 51.4 Å². The van der Waals surface area contributed by atoms with Crippen molar-refractivity contribution in [2.75, 3.05) is 13.2 Å². The lowest BCUT2D eigenvalue weighted by molar-refractivity contribution is 0.116. The highest BCUT2D eigenvalue weighted by atomic mass is 79.9. The Morgan fingerprint density at radius 3 is 2.10 bits per heavy atom. The van der Waals surface area contributed by atoms with E-state index in [4.69, 9.17) is 0 Å². The molecule has 0 spiro atoms. The molecule has 0 atom stereocenters. The van der Waals surface area contributed by atoms with Gasteiger partial charge in [-0.15, -0.1) is 0 Å². The molecular weight excluding hydrogens is 403 g/mol. The van der Waals surface area contributed by atoms with Gasteiger partial charge < -0.3 is 10.2 Å². The van der Waals surface area contributed by atoms with Crippen LogP contribution < -0.4 is 0 Å². The molecule has 0 amide bonds. The minimum absolute atomic E-state index is 0.194. The molecule has 0 saturated carbocycles. The Hall–Kier alpha value is -0.750. The fraction of sp³-hybridized carbons (Fsp3) is 0.250. The summed E-state index contributed by atoms with van der Waals surface area (Å²) >= 11 is 6.52. The van der Waals surface area contributed by atoms with Gasteiger partial charge in [0.25, 0.3) is 0 Å². The molecule has 0 heterocycles. The molecule has 2 N–H and O–H groups in total. The van der Waals surface area contributed by atoms with E-state index >= 15 is 0 Å². The second kappa shape index (κ2) is 7.01. The van der Waals surface area contributed by atoms with Gasteiger partial charge in [-0.1, -0.05) is 34.1 Å². The fourth-order valence-corrected chi connectivity index (χ4v) is 2.98. The maximum absolute atomic E-state index is 13.3. The summed E-state index contributed by atoms with van der Waals surface area (Å²) in [5.74, 6) is -0.332. The average molecular weight is 418 g/mol. The Morgan fingerprint density at radius 2 is 1.57 bits per heavy atom. The highest BCUT2D eigenvalue weighted by Gasteiger charge is 2.31. The van der Waals surface area contributed by atoms with Crippen molar-refractivity contribution in [1.29, 1.82) is 0 Å². The molecule has 0 radical (unpaired) electrons. The zero-order chi connectivity index (χ0) is 15.5. The van der Waals surface area contributed by atoms with E-state index in [2.05, 4.69) is 31.9 Å². The summed E-state index contributed by atoms with van der Waals surface area (Å²) in [7, 11) is 0. The summed E-state index contributed by atoms with van der Waals surface area (Å²) in [6.45, 7) is -0.389. The summed E-state index contributed by atoms with van der Waals surface area (Å²) in [6, 6.07) is 12.2. The molecular formula is C16H15Br2FO2. The minimum atomic E-state index is -0.794. The van der Waals surface area contributed by atoms with Gasteiger partial charge in [0.1, 0.15) is 5.82 Å². The molecule has 2 rings (SSSR count). The van der Waals surface area contributed by atoms with Crippen LogP contribution in [0.3, 0.4) is 0 Å². The molecule has 0 saturated heterocycles. The Balaban J connectivity index is 2.37. The molecule has 0 bridgehead atoms. The summed E-state index contributed by atoms with van der Waals surface area (Å²) < 4.78 is 14.6. The van der Waals surface area contributed by atoms with Crippen LogP contribution in [0.5, 0.6) is 0 Å². The Morgan fingerprint density at radius 1 is 0.952 bits per heavy atom. The molecule has 0 aliphatic carbocycles. The number of hydrogen-bond donors (Lipinski definition) is 2. The number of aliphatic hydroxyl groups excluding tert-OH is 2. The Labute approximate surface area is 139 Å². The maximum atomic E-state index is 13.3. The van der Waals surface area contributed by atoms with Crippen LogP contribution in [-0.2, 0) is 11.8 Å². The van der Waals surface area contributed by atoms with Gasteiger partial charge in [-0.3, -0.25) is 0 Å². The topological polar surface area (TPSA) is 40.5 Å². The highest BCUT2D eigenvalue weighted by Crippen LogP contribution is 2.30. The molecule has 2 aromatic rings. The van der Waals surface area contributed by atoms with Crippen LogP contribution in [-0.4, -0.2) is 23.4 Å². The van der Waals surface area contributed by atoms with Crippen LogP contribution >= 0.6 is 31.9 Å². The molecule has 0 unspecified atom stereocenters. The molecule has 2 nitrogen and oxygen atoms in total. The number of benzene rings is 2. The van der Waals surface area contributed by atoms with E-state index in [1.54, 1.807) is 12.1 Å². The predicted molar refractivity (Wildman–Crippen MR) is 87.8 cm³/mol. The van der Waals surface area contributed by atoms with E-state index in [0.29, 0.717) is 10.9 Å². The van der Waals surface area contributed by atoms with Gasteiger partial charge in [-0.25, -0.2) is 4.39 Å². The molecule has 2 aromatic carbocycles. The van der Waals surface area contributed by atoms with Gasteiger partial charge in [0.05, 0.1) is 17.7 Å². The largest absolute Gasteiger partial charge is 0.395 e. The van der Waals surface area contributed by atoms with Gasteiger partial charge in [0, 0.05) is 9.89 Å². The van der Waals surface area contributed by atoms with Crippen LogP contribution in [0.2, 0.25) is 0 Å². The minimum Gasteiger partial charge on any atom is -0.395 e. The van der Waals surface area contributed by atoms with E-state index in [0.717, 1.165) is 15.6 Å². The van der Waals surface area contributed by atoms with Crippen molar-refractivity contribution in [1.82, 2.24) is 0 Å². The molecule has 0 aliphatic heterocycles. The first-order valence-electron chi connectivity index (χ1n) is 6.42. The van der Waals surface area contributed by atoms with E-state index in [1.165, 1.54) is 6.07 Å². The Bertz CT molecular complexity index is 610. The predicted octanol–water partition coefficient (Wildman–Crippen LogP) is 3.82. The first kappa shape index (κ1) is 16.6. The van der Waals surface area contributed by atoms with Crippen molar-refractivity contribution in [3.63, 3.8) is 0 Å². The van der Waals surface area contributed by atoms with Gasteiger partial charge in [0.2, 0.25) is 0 Å². The number of rotatable bonds is 5. The molecule has 0 aromatic heterocycles. The lowest BCUT2D eigenvalue weighted by Gasteiger charge is -2.30. The van der Waals surface area contributed by atoms with Crippen molar-refractivity contribution in [3.8, 4) is 0 Å². The molecule has 5 heteroatoms. The van der Waals surface area contributed by atoms with Crippen LogP contribution in [0, 0.1) is 5.82 Å². The van der Waals surface area contributed by atoms with Gasteiger partial charge >= 0.3 is 0 Å². The van der Waals surface area contributed by atoms with E-state index in [-0.39, 0.29) is 19.0 Å². The van der Waals surface area contributed by atoms with Crippen molar-refractivity contribution in [2.24, 2.45) is 0 Å². The third-order valence-electron chi connectivity index (χ3n) is 3.59. The summed E-state index contributed by atoms with van der Waals surface area (Å²) in [5, 5.41) is 19.7. The van der Waals surface area contributed by atoms with Crippen LogP contribution in [0.25, 0.3) is 0 Å². The fourth-order valence-electron chi connectivity index (χ4n) is 2.29. The van der Waals surface area contributed by atoms with E-state index in [9.17, 15) is 14.6 Å². The van der Waals surface area contributed by atoms with Gasteiger partial charge in [0.15, 0.2) is 0 Å². The van der Waals surface area contributed by atoms with Gasteiger partial charge in [-0.05, 0) is 57.7 Å². The molecule has 21 heavy (non-hydrogen) atoms. The molecule has 112 valence electrons. The van der Waals surface area contributed by atoms with E-state index < -0.39 is 5.41 Å². The maximum Gasteiger partial charge on any atom is 0.137 e. The third kappa shape index (κ3) is 3.72. The monoisotopic (exact) mass is 416 g/mol. The van der Waals surface area contributed by atoms with Crippen LogP contribution in [0.4, 0.5) is 4.39 Å². The Kier molecular flexibility index (Phi) is 5.54. The van der Waals surface area contributed by atoms with Crippen molar-refractivity contribution in [2.45, 2.75) is 11.8 Å². The van der Waals surface area contributed by atoms with E-state index in [1.807, 2.05) is 24.3 Å². The average Bonchev–Trinajstić information content (AvgIpc) is 2.49. The first-order chi connectivity index (χ1) is 10.0. The third-order valence-corrected chi connectivity index (χ3v) is 4.72. The zero-order valence-corrected chi connectivity index (χ0v) is 14.4. The molecule has 0 aliphatic rings. The molecule has 0 fully saturated rings. The normalized spacial score (nSPS) is 11.7. The quantitative estimate of drug-likeness (QED) is 0.776. The summed E-state index contributed by atoms with van der Waals surface area (Å²) in [4.78, 5) is 0. The summed E-state index contributed by atoms with van der Waals surface area (Å²) in [6.07, 6.45) is 0.417. The second-order valence-electron chi connectivity index (χ2n) is 5.03. The van der Waals surface area contributed by atoms with Crippen molar-refractivity contribution >= 4 is 31.9 Å². The number of aliphatic hydroxyl groups is 2. The van der Waals surface area contributed by atoms with Crippen molar-refractivity contribution < 1.29 is 14.6 Å². The zero-order valence-electron chi connectivity index (χ0n) is 11.2. The summed E-state index contributed by atoms with van der Waals surface area (Å²) in [5.41, 5.74) is 0.892. The highest BCUT2D eigenvalue weighted by molar-refractivity contribution is 9.10. The standard InChI is InChI=1S/C16H15Br2FO2/c17-13-4-2-12(3-5-13)16(9-20,10-21)8-11-1-6-15(19)14(18)7-11/h1-7,20-21H,8-10H2. The first-order valence-corrected chi connectivity index (χ1v) is 8.01.